The maximum atomic E-state index is 11.1. The third-order valence-electron chi connectivity index (χ3n) is 4.89. The number of fused-ring (bicyclic) bond motifs is 1. The number of halogens is 1. The van der Waals surface area contributed by atoms with E-state index in [0.29, 0.717) is 23.4 Å². The first-order valence-electron chi connectivity index (χ1n) is 7.40. The molecule has 0 radical (unpaired) electrons. The molecule has 2 aromatic carbocycles. The minimum Gasteiger partial charge on any atom is -0.508 e. The summed E-state index contributed by atoms with van der Waals surface area (Å²) < 4.78 is 0. The maximum absolute atomic E-state index is 11.1. The molecule has 4 N–H and O–H groups in total. The van der Waals surface area contributed by atoms with Crippen LogP contribution in [-0.2, 0) is 18.4 Å². The standard InChI is InChI=1S/C18H20ClNO2/c1-17(22,14-3-2-4-15(19)10-14)18(20)8-7-12-5-6-16(21)9-13(12)11-18/h2-6,9-10,21-22H,7-8,11,20H2,1H3. The van der Waals surface area contributed by atoms with Crippen LogP contribution in [0.3, 0.4) is 0 Å². The Balaban J connectivity index is 2.00. The van der Waals surface area contributed by atoms with Gasteiger partial charge in [0.1, 0.15) is 11.4 Å². The molecule has 3 nitrogen and oxygen atoms in total. The first kappa shape index (κ1) is 15.3. The fourth-order valence-electron chi connectivity index (χ4n) is 3.30. The zero-order chi connectivity index (χ0) is 16.0. The molecular weight excluding hydrogens is 298 g/mol. The van der Waals surface area contributed by atoms with Gasteiger partial charge in [-0.1, -0.05) is 29.8 Å². The van der Waals surface area contributed by atoms with Gasteiger partial charge in [-0.05, 0) is 67.1 Å². The Morgan fingerprint density at radius 3 is 2.68 bits per heavy atom. The highest BCUT2D eigenvalue weighted by molar-refractivity contribution is 6.30. The summed E-state index contributed by atoms with van der Waals surface area (Å²) in [6, 6.07) is 12.6. The second-order valence-corrected chi connectivity index (χ2v) is 6.80. The molecule has 0 saturated carbocycles. The first-order chi connectivity index (χ1) is 10.3. The van der Waals surface area contributed by atoms with Crippen LogP contribution in [0.2, 0.25) is 5.02 Å². The van der Waals surface area contributed by atoms with Crippen LogP contribution >= 0.6 is 11.6 Å². The molecule has 2 atom stereocenters. The minimum absolute atomic E-state index is 0.227. The molecule has 2 unspecified atom stereocenters. The molecule has 1 aliphatic rings. The summed E-state index contributed by atoms with van der Waals surface area (Å²) in [7, 11) is 0. The number of hydrogen-bond acceptors (Lipinski definition) is 3. The summed E-state index contributed by atoms with van der Waals surface area (Å²) >= 11 is 6.05. The topological polar surface area (TPSA) is 66.5 Å². The molecule has 0 fully saturated rings. The summed E-state index contributed by atoms with van der Waals surface area (Å²) in [5.41, 5.74) is 7.49. The second-order valence-electron chi connectivity index (χ2n) is 6.37. The quantitative estimate of drug-likeness (QED) is 0.797. The van der Waals surface area contributed by atoms with Crippen molar-refractivity contribution in [2.24, 2.45) is 5.73 Å². The fraction of sp³-hybridized carbons (Fsp3) is 0.333. The van der Waals surface area contributed by atoms with Gasteiger partial charge in [-0.2, -0.15) is 0 Å². The van der Waals surface area contributed by atoms with E-state index in [1.165, 1.54) is 5.56 Å². The van der Waals surface area contributed by atoms with Gasteiger partial charge in [-0.15, -0.1) is 0 Å². The molecular formula is C18H20ClNO2. The van der Waals surface area contributed by atoms with Crippen LogP contribution in [-0.4, -0.2) is 15.8 Å². The number of nitrogens with two attached hydrogens (primary N) is 1. The normalized spacial score (nSPS) is 23.6. The predicted octanol–water partition coefficient (Wildman–Crippen LogP) is 3.14. The highest BCUT2D eigenvalue weighted by Crippen LogP contribution is 2.41. The second kappa shape index (κ2) is 5.27. The Kier molecular flexibility index (Phi) is 3.68. The van der Waals surface area contributed by atoms with E-state index in [1.807, 2.05) is 18.2 Å². The number of aliphatic hydroxyl groups is 1. The van der Waals surface area contributed by atoms with Crippen molar-refractivity contribution in [2.45, 2.75) is 37.3 Å². The highest BCUT2D eigenvalue weighted by Gasteiger charge is 2.47. The molecule has 0 amide bonds. The van der Waals surface area contributed by atoms with E-state index < -0.39 is 11.1 Å². The third-order valence-corrected chi connectivity index (χ3v) is 5.13. The van der Waals surface area contributed by atoms with Gasteiger partial charge in [0.25, 0.3) is 0 Å². The SMILES string of the molecule is CC(O)(c1cccc(Cl)c1)C1(N)CCc2ccc(O)cc2C1. The van der Waals surface area contributed by atoms with Gasteiger partial charge in [0.15, 0.2) is 0 Å². The summed E-state index contributed by atoms with van der Waals surface area (Å²) in [6.07, 6.45) is 1.96. The number of rotatable bonds is 2. The number of hydrogen-bond donors (Lipinski definition) is 3. The zero-order valence-corrected chi connectivity index (χ0v) is 13.3. The Morgan fingerprint density at radius 1 is 1.18 bits per heavy atom. The van der Waals surface area contributed by atoms with E-state index in [0.717, 1.165) is 12.0 Å². The van der Waals surface area contributed by atoms with Crippen molar-refractivity contribution >= 4 is 11.6 Å². The van der Waals surface area contributed by atoms with E-state index in [1.54, 1.807) is 31.2 Å². The van der Waals surface area contributed by atoms with E-state index >= 15 is 0 Å². The largest absolute Gasteiger partial charge is 0.508 e. The van der Waals surface area contributed by atoms with Crippen molar-refractivity contribution in [3.8, 4) is 5.75 Å². The van der Waals surface area contributed by atoms with Gasteiger partial charge in [-0.25, -0.2) is 0 Å². The monoisotopic (exact) mass is 317 g/mol. The Hall–Kier alpha value is -1.55. The van der Waals surface area contributed by atoms with Crippen molar-refractivity contribution in [3.63, 3.8) is 0 Å². The van der Waals surface area contributed by atoms with Gasteiger partial charge in [0.2, 0.25) is 0 Å². The van der Waals surface area contributed by atoms with Gasteiger partial charge in [0.05, 0.1) is 5.54 Å². The van der Waals surface area contributed by atoms with Gasteiger partial charge < -0.3 is 15.9 Å². The number of phenolic OH excluding ortho intramolecular Hbond substituents is 1. The molecule has 0 heterocycles. The van der Waals surface area contributed by atoms with Crippen molar-refractivity contribution in [1.82, 2.24) is 0 Å². The summed E-state index contributed by atoms with van der Waals surface area (Å²) in [5, 5.41) is 21.4. The molecule has 116 valence electrons. The summed E-state index contributed by atoms with van der Waals surface area (Å²) in [5.74, 6) is 0.227. The maximum Gasteiger partial charge on any atom is 0.115 e. The number of aromatic hydroxyl groups is 1. The van der Waals surface area contributed by atoms with Crippen LogP contribution in [0, 0.1) is 0 Å². The Bertz CT molecular complexity index is 714. The molecule has 22 heavy (non-hydrogen) atoms. The Labute approximate surface area is 135 Å². The molecule has 4 heteroatoms. The number of aryl methyl sites for hydroxylation is 1. The molecule has 0 aliphatic heterocycles. The van der Waals surface area contributed by atoms with Gasteiger partial charge >= 0.3 is 0 Å². The lowest BCUT2D eigenvalue weighted by Gasteiger charge is -2.46. The lowest BCUT2D eigenvalue weighted by Crippen LogP contribution is -2.60. The zero-order valence-electron chi connectivity index (χ0n) is 12.5. The van der Waals surface area contributed by atoms with E-state index in [-0.39, 0.29) is 5.75 Å². The van der Waals surface area contributed by atoms with Crippen LogP contribution in [0.25, 0.3) is 0 Å². The lowest BCUT2D eigenvalue weighted by molar-refractivity contribution is -0.0316. The average molecular weight is 318 g/mol. The van der Waals surface area contributed by atoms with Crippen molar-refractivity contribution < 1.29 is 10.2 Å². The smallest absolute Gasteiger partial charge is 0.115 e. The van der Waals surface area contributed by atoms with Gasteiger partial charge in [-0.3, -0.25) is 0 Å². The molecule has 0 saturated heterocycles. The lowest BCUT2D eigenvalue weighted by atomic mass is 9.67. The average Bonchev–Trinajstić information content (AvgIpc) is 2.46. The van der Waals surface area contributed by atoms with E-state index in [2.05, 4.69) is 0 Å². The first-order valence-corrected chi connectivity index (χ1v) is 7.78. The number of phenols is 1. The molecule has 0 aromatic heterocycles. The van der Waals surface area contributed by atoms with Crippen LogP contribution in [0.1, 0.15) is 30.0 Å². The highest BCUT2D eigenvalue weighted by atomic mass is 35.5. The van der Waals surface area contributed by atoms with Crippen LogP contribution in [0.5, 0.6) is 5.75 Å². The summed E-state index contributed by atoms with van der Waals surface area (Å²) in [4.78, 5) is 0. The van der Waals surface area contributed by atoms with Crippen molar-refractivity contribution in [3.05, 3.63) is 64.2 Å². The van der Waals surface area contributed by atoms with Crippen molar-refractivity contribution in [1.29, 1.82) is 0 Å². The van der Waals surface area contributed by atoms with Gasteiger partial charge in [0, 0.05) is 5.02 Å². The van der Waals surface area contributed by atoms with E-state index in [4.69, 9.17) is 17.3 Å². The fourth-order valence-corrected chi connectivity index (χ4v) is 3.49. The molecule has 1 aliphatic carbocycles. The van der Waals surface area contributed by atoms with Crippen LogP contribution in [0.15, 0.2) is 42.5 Å². The molecule has 0 spiro atoms. The van der Waals surface area contributed by atoms with Crippen LogP contribution in [0.4, 0.5) is 0 Å². The van der Waals surface area contributed by atoms with Crippen molar-refractivity contribution in [2.75, 3.05) is 0 Å². The van der Waals surface area contributed by atoms with Crippen LogP contribution < -0.4 is 5.73 Å². The molecule has 3 rings (SSSR count). The minimum atomic E-state index is -1.21. The van der Waals surface area contributed by atoms with E-state index in [9.17, 15) is 10.2 Å². The number of benzene rings is 2. The third kappa shape index (κ3) is 2.50. The molecule has 2 aromatic rings. The summed E-state index contributed by atoms with van der Waals surface area (Å²) in [6.45, 7) is 1.74. The Morgan fingerprint density at radius 2 is 1.95 bits per heavy atom. The molecule has 0 bridgehead atoms. The predicted molar refractivity (Wildman–Crippen MR) is 88.1 cm³/mol.